The van der Waals surface area contributed by atoms with Gasteiger partial charge in [0.15, 0.2) is 51.0 Å². The number of H-pyrrole nitrogens is 2. The van der Waals surface area contributed by atoms with Crippen molar-refractivity contribution in [2.45, 2.75) is 157 Å². The van der Waals surface area contributed by atoms with Gasteiger partial charge in [-0.15, -0.1) is 0 Å². The Morgan fingerprint density at radius 2 is 0.548 bits per heavy atom. The Morgan fingerprint density at radius 3 is 0.786 bits per heavy atom. The Kier molecular flexibility index (Phi) is 24.6. The van der Waals surface area contributed by atoms with E-state index in [0.29, 0.717) is 52.6 Å². The van der Waals surface area contributed by atoms with Gasteiger partial charge in [0.05, 0.1) is 67.1 Å². The van der Waals surface area contributed by atoms with Crippen molar-refractivity contribution in [3.05, 3.63) is 145 Å². The lowest BCUT2D eigenvalue weighted by Crippen LogP contribution is -2.38. The van der Waals surface area contributed by atoms with Crippen LogP contribution < -0.4 is 18.3 Å². The van der Waals surface area contributed by atoms with Crippen molar-refractivity contribution in [3.63, 3.8) is 0 Å². The molecule has 0 aromatic carbocycles. The molecule has 2 N–H and O–H groups in total. The Balaban J connectivity index is 1.28. The minimum absolute atomic E-state index is 0.606. The number of aromatic amines is 2. The molecular weight excluding hydrogens is 1040 g/mol. The zero-order valence-corrected chi connectivity index (χ0v) is 51.0. The van der Waals surface area contributed by atoms with Crippen molar-refractivity contribution < 1.29 is 37.2 Å². The van der Waals surface area contributed by atoms with Crippen LogP contribution >= 0.6 is 0 Å². The molecule has 0 amide bonds. The Morgan fingerprint density at radius 1 is 0.298 bits per heavy atom. The molecule has 0 saturated carbocycles. The maximum atomic E-state index is 6.31. The summed E-state index contributed by atoms with van der Waals surface area (Å²) in [5.41, 5.74) is 15.4. The summed E-state index contributed by atoms with van der Waals surface area (Å²) in [4.78, 5) is 19.5. The van der Waals surface area contributed by atoms with Gasteiger partial charge in [-0.05, 0) is 98.5 Å². The molecule has 9 heterocycles. The predicted octanol–water partition coefficient (Wildman–Crippen LogP) is 14.9. The van der Waals surface area contributed by atoms with Crippen molar-refractivity contribution in [1.29, 1.82) is 0 Å². The van der Waals surface area contributed by atoms with E-state index in [2.05, 4.69) is 202 Å². The van der Waals surface area contributed by atoms with Gasteiger partial charge in [-0.3, -0.25) is 0 Å². The van der Waals surface area contributed by atoms with Gasteiger partial charge in [0.2, 0.25) is 22.8 Å². The Bertz CT molecular complexity index is 2980. The number of hydrogen-bond donors (Lipinski definition) is 2. The van der Waals surface area contributed by atoms with E-state index in [1.165, 1.54) is 77.0 Å². The van der Waals surface area contributed by atoms with Crippen LogP contribution in [0, 0.1) is 0 Å². The highest BCUT2D eigenvalue weighted by Gasteiger charge is 2.28. The lowest BCUT2D eigenvalue weighted by atomic mass is 10.1. The van der Waals surface area contributed by atoms with Crippen LogP contribution in [0.5, 0.6) is 0 Å². The first kappa shape index (κ1) is 61.6. The Labute approximate surface area is 500 Å². The van der Waals surface area contributed by atoms with Gasteiger partial charge in [-0.2, -0.15) is 18.3 Å². The second-order valence-electron chi connectivity index (χ2n) is 22.3. The van der Waals surface area contributed by atoms with Crippen LogP contribution in [0.25, 0.3) is 91.4 Å². The number of nitrogens with zero attached hydrogens (tertiary/aromatic N) is 6. The number of aromatic nitrogens is 8. The SMILES string of the molecule is CCCCCCOCC[n+]1ccccc1-c1c2nc(c(-c3cccc[n+]3CCOCCCCCC)c3ccc([nH]3)c(-c3cccc[n+]3CCOCCCCCC)c3nc(c(-c4cccc[n+]4CCOCCCCCC)c4ccc1[nH]4)C=C3)C=C2. The quantitative estimate of drug-likeness (QED) is 0.0299. The van der Waals surface area contributed by atoms with Crippen molar-refractivity contribution in [2.24, 2.45) is 0 Å². The third kappa shape index (κ3) is 16.7. The molecule has 0 spiro atoms. The largest absolute Gasteiger partial charge is 0.375 e. The highest BCUT2D eigenvalue weighted by molar-refractivity contribution is 5.97. The number of nitrogens with one attached hydrogen (secondary N) is 2. The first-order chi connectivity index (χ1) is 41.6. The standard InChI is InChI=1S/C72H93N8O4/c1-5-9-13-25-49-81-53-45-77-41-21-17-29-65(77)69-57-33-35-59(73-57)70(66-30-18-22-42-78(66)46-54-82-50-26-14-10-6-2)61-37-39-63(75-61)72(68-32-20-24-44-80(68)48-56-84-52-28-16-12-8-4)64-40-38-62(76-64)71(60-36-34-58(69)74-60)67-31-19-23-43-79(67)47-55-83-51-27-15-11-7-3/h17-24,29-44H,5-16,25-28,45-56H2,1-4H3,(H,73,74,75,76)/q+3/p+1. The fourth-order valence-corrected chi connectivity index (χ4v) is 11.5. The molecule has 0 unspecified atom stereocenters. The molecule has 9 rings (SSSR count). The minimum Gasteiger partial charge on any atom is -0.375 e. The molecule has 0 aliphatic carbocycles. The summed E-state index contributed by atoms with van der Waals surface area (Å²) in [7, 11) is 0. The maximum absolute atomic E-state index is 6.31. The molecule has 442 valence electrons. The third-order valence-electron chi connectivity index (χ3n) is 16.0. The average Bonchev–Trinajstić information content (AvgIpc) is 3.14. The van der Waals surface area contributed by atoms with E-state index in [-0.39, 0.29) is 0 Å². The molecule has 7 aromatic heterocycles. The lowest BCUT2D eigenvalue weighted by Gasteiger charge is -2.08. The number of hydrogen-bond acceptors (Lipinski definition) is 6. The number of ether oxygens (including phenoxy) is 4. The summed E-state index contributed by atoms with van der Waals surface area (Å²) in [5, 5.41) is 0. The molecule has 0 atom stereocenters. The van der Waals surface area contributed by atoms with Gasteiger partial charge in [-0.25, -0.2) is 9.97 Å². The number of fused-ring (bicyclic) bond motifs is 8. The van der Waals surface area contributed by atoms with E-state index >= 15 is 0 Å². The highest BCUT2D eigenvalue weighted by atomic mass is 16.5. The first-order valence-corrected chi connectivity index (χ1v) is 32.0. The maximum Gasteiger partial charge on any atom is 0.216 e. The molecule has 0 fully saturated rings. The van der Waals surface area contributed by atoms with Crippen LogP contribution in [0.3, 0.4) is 0 Å². The van der Waals surface area contributed by atoms with Crippen LogP contribution in [0.2, 0.25) is 0 Å². The second kappa shape index (κ2) is 33.5. The van der Waals surface area contributed by atoms with Crippen molar-refractivity contribution in [1.82, 2.24) is 19.9 Å². The topological polar surface area (TPSA) is 110 Å². The van der Waals surface area contributed by atoms with E-state index in [9.17, 15) is 0 Å². The zero-order valence-electron chi connectivity index (χ0n) is 51.0. The summed E-state index contributed by atoms with van der Waals surface area (Å²) >= 11 is 0. The predicted molar refractivity (Wildman–Crippen MR) is 341 cm³/mol. The summed E-state index contributed by atoms with van der Waals surface area (Å²) in [6, 6.07) is 34.7. The van der Waals surface area contributed by atoms with Crippen LogP contribution in [-0.2, 0) is 45.1 Å². The van der Waals surface area contributed by atoms with Gasteiger partial charge in [0.1, 0.15) is 26.4 Å². The molecule has 2 aliphatic rings. The van der Waals surface area contributed by atoms with Gasteiger partial charge < -0.3 is 28.9 Å². The molecule has 0 saturated heterocycles. The fraction of sp³-hybridized carbons (Fsp3) is 0.444. The van der Waals surface area contributed by atoms with E-state index in [0.717, 1.165) is 142 Å². The molecule has 2 aliphatic heterocycles. The highest BCUT2D eigenvalue weighted by Crippen LogP contribution is 2.37. The van der Waals surface area contributed by atoms with Crippen LogP contribution in [0.1, 0.15) is 153 Å². The minimum atomic E-state index is 0.606. The van der Waals surface area contributed by atoms with E-state index in [1.54, 1.807) is 0 Å². The summed E-state index contributed by atoms with van der Waals surface area (Å²) < 4.78 is 34.5. The third-order valence-corrected chi connectivity index (χ3v) is 16.0. The molecule has 0 radical (unpaired) electrons. The van der Waals surface area contributed by atoms with Gasteiger partial charge in [0.25, 0.3) is 0 Å². The average molecular weight is 1140 g/mol. The van der Waals surface area contributed by atoms with Crippen molar-refractivity contribution >= 4 is 46.4 Å². The molecule has 12 heteroatoms. The van der Waals surface area contributed by atoms with Crippen molar-refractivity contribution in [3.8, 4) is 45.0 Å². The summed E-state index contributed by atoms with van der Waals surface area (Å²) in [6.45, 7) is 17.2. The van der Waals surface area contributed by atoms with Crippen LogP contribution in [-0.4, -0.2) is 72.8 Å². The molecule has 84 heavy (non-hydrogen) atoms. The van der Waals surface area contributed by atoms with Gasteiger partial charge >= 0.3 is 0 Å². The first-order valence-electron chi connectivity index (χ1n) is 32.0. The molecular formula is C72H94N8O4+4. The van der Waals surface area contributed by atoms with E-state index in [4.69, 9.17) is 28.9 Å². The van der Waals surface area contributed by atoms with Gasteiger partial charge in [0, 0.05) is 75.0 Å². The van der Waals surface area contributed by atoms with Crippen LogP contribution in [0.15, 0.2) is 122 Å². The van der Waals surface area contributed by atoms with Crippen LogP contribution in [0.4, 0.5) is 0 Å². The lowest BCUT2D eigenvalue weighted by molar-refractivity contribution is -0.688. The molecule has 8 bridgehead atoms. The normalized spacial score (nSPS) is 12.0. The fourth-order valence-electron chi connectivity index (χ4n) is 11.5. The molecule has 12 nitrogen and oxygen atoms in total. The zero-order chi connectivity index (χ0) is 58.0. The Hall–Kier alpha value is -6.96. The van der Waals surface area contributed by atoms with E-state index < -0.39 is 0 Å². The number of pyridine rings is 4. The monoisotopic (exact) mass is 1130 g/mol. The number of unbranched alkanes of at least 4 members (excludes halogenated alkanes) is 12. The number of rotatable bonds is 36. The molecule has 7 aromatic rings. The van der Waals surface area contributed by atoms with Crippen molar-refractivity contribution in [2.75, 3.05) is 52.9 Å². The summed E-state index contributed by atoms with van der Waals surface area (Å²) in [6.07, 6.45) is 36.3. The van der Waals surface area contributed by atoms with Gasteiger partial charge in [-0.1, -0.05) is 105 Å². The smallest absolute Gasteiger partial charge is 0.216 e. The summed E-state index contributed by atoms with van der Waals surface area (Å²) in [5.74, 6) is 0. The second-order valence-corrected chi connectivity index (χ2v) is 22.3. The van der Waals surface area contributed by atoms with E-state index in [1.807, 2.05) is 0 Å².